The molecule has 0 aliphatic rings. The normalized spacial score (nSPS) is 8.79. The maximum atomic E-state index is 10.2. The van der Waals surface area contributed by atoms with Gasteiger partial charge in [-0.05, 0) is 18.4 Å². The molecule has 80 valence electrons. The second-order valence-electron chi connectivity index (χ2n) is 2.31. The SMILES string of the molecule is CCOC(=O)CC.Nc1ccsc1Cl. The number of nitrogens with two attached hydrogens (primary N) is 1. The van der Waals surface area contributed by atoms with Gasteiger partial charge in [0.1, 0.15) is 4.34 Å². The van der Waals surface area contributed by atoms with E-state index in [4.69, 9.17) is 17.3 Å². The molecule has 0 aromatic carbocycles. The van der Waals surface area contributed by atoms with Crippen LogP contribution in [0.5, 0.6) is 0 Å². The van der Waals surface area contributed by atoms with Crippen LogP contribution in [-0.2, 0) is 9.53 Å². The molecule has 0 radical (unpaired) electrons. The Hall–Kier alpha value is -0.740. The van der Waals surface area contributed by atoms with Crippen LogP contribution in [0.25, 0.3) is 0 Å². The Morgan fingerprint density at radius 3 is 2.43 bits per heavy atom. The van der Waals surface area contributed by atoms with E-state index in [2.05, 4.69) is 4.74 Å². The number of thiophene rings is 1. The lowest BCUT2D eigenvalue weighted by molar-refractivity contribution is -0.142. The highest BCUT2D eigenvalue weighted by Crippen LogP contribution is 2.23. The summed E-state index contributed by atoms with van der Waals surface area (Å²) in [6.07, 6.45) is 0.480. The van der Waals surface area contributed by atoms with Crippen molar-refractivity contribution in [2.24, 2.45) is 0 Å². The van der Waals surface area contributed by atoms with Crippen LogP contribution in [0, 0.1) is 0 Å². The van der Waals surface area contributed by atoms with E-state index in [0.29, 0.717) is 23.1 Å². The Balaban J connectivity index is 0.000000241. The Bertz CT molecular complexity index is 259. The molecule has 1 rings (SSSR count). The fraction of sp³-hybridized carbons (Fsp3) is 0.444. The molecule has 0 saturated heterocycles. The van der Waals surface area contributed by atoms with Gasteiger partial charge in [-0.3, -0.25) is 4.79 Å². The first-order valence-electron chi connectivity index (χ1n) is 4.25. The molecule has 1 heterocycles. The van der Waals surface area contributed by atoms with E-state index in [0.717, 1.165) is 0 Å². The fourth-order valence-electron chi connectivity index (χ4n) is 0.564. The van der Waals surface area contributed by atoms with Gasteiger partial charge in [0, 0.05) is 6.42 Å². The highest BCUT2D eigenvalue weighted by Gasteiger charge is 1.91. The molecule has 0 bridgehead atoms. The van der Waals surface area contributed by atoms with Crippen LogP contribution in [0.2, 0.25) is 4.34 Å². The van der Waals surface area contributed by atoms with Gasteiger partial charge in [-0.15, -0.1) is 11.3 Å². The van der Waals surface area contributed by atoms with Gasteiger partial charge >= 0.3 is 5.97 Å². The molecule has 0 unspecified atom stereocenters. The summed E-state index contributed by atoms with van der Waals surface area (Å²) >= 11 is 6.96. The smallest absolute Gasteiger partial charge is 0.305 e. The van der Waals surface area contributed by atoms with Gasteiger partial charge in [0.25, 0.3) is 0 Å². The summed E-state index contributed by atoms with van der Waals surface area (Å²) in [6, 6.07) is 1.78. The molecule has 0 aliphatic heterocycles. The van der Waals surface area contributed by atoms with Crippen molar-refractivity contribution >= 4 is 34.6 Å². The van der Waals surface area contributed by atoms with Crippen molar-refractivity contribution in [3.05, 3.63) is 15.8 Å². The van der Waals surface area contributed by atoms with Crippen molar-refractivity contribution in [3.8, 4) is 0 Å². The summed E-state index contributed by atoms with van der Waals surface area (Å²) in [5, 5.41) is 1.86. The first kappa shape index (κ1) is 13.3. The van der Waals surface area contributed by atoms with Gasteiger partial charge in [-0.25, -0.2) is 0 Å². The van der Waals surface area contributed by atoms with Crippen molar-refractivity contribution < 1.29 is 9.53 Å². The second-order valence-corrected chi connectivity index (χ2v) is 3.83. The molecule has 0 aliphatic carbocycles. The summed E-state index contributed by atoms with van der Waals surface area (Å²) in [7, 11) is 0. The summed E-state index contributed by atoms with van der Waals surface area (Å²) in [4.78, 5) is 10.2. The number of halogens is 1. The molecule has 5 heteroatoms. The Labute approximate surface area is 92.8 Å². The van der Waals surface area contributed by atoms with Crippen LogP contribution in [-0.4, -0.2) is 12.6 Å². The number of nitrogen functional groups attached to an aromatic ring is 1. The van der Waals surface area contributed by atoms with Crippen LogP contribution < -0.4 is 5.73 Å². The van der Waals surface area contributed by atoms with Gasteiger partial charge in [-0.1, -0.05) is 18.5 Å². The lowest BCUT2D eigenvalue weighted by Crippen LogP contribution is -2.00. The molecule has 0 saturated carbocycles. The molecule has 14 heavy (non-hydrogen) atoms. The standard InChI is InChI=1S/C5H10O2.C4H4ClNS/c1-3-5(6)7-4-2;5-4-3(6)1-2-7-4/h3-4H2,1-2H3;1-2H,6H2. The van der Waals surface area contributed by atoms with E-state index >= 15 is 0 Å². The molecule has 0 atom stereocenters. The zero-order valence-electron chi connectivity index (χ0n) is 8.25. The fourth-order valence-corrected chi connectivity index (χ4v) is 1.32. The lowest BCUT2D eigenvalue weighted by Gasteiger charge is -1.93. The van der Waals surface area contributed by atoms with Gasteiger partial charge in [0.05, 0.1) is 12.3 Å². The molecular weight excluding hydrogens is 222 g/mol. The predicted octanol–water partition coefficient (Wildman–Crippen LogP) is 2.94. The van der Waals surface area contributed by atoms with Crippen LogP contribution in [0.4, 0.5) is 5.69 Å². The minimum absolute atomic E-state index is 0.123. The number of rotatable bonds is 2. The van der Waals surface area contributed by atoms with Crippen LogP contribution in [0.1, 0.15) is 20.3 Å². The number of carbonyl (C=O) groups is 1. The van der Waals surface area contributed by atoms with Gasteiger partial charge < -0.3 is 10.5 Å². The van der Waals surface area contributed by atoms with Crippen molar-refractivity contribution in [2.75, 3.05) is 12.3 Å². The number of esters is 1. The molecule has 2 N–H and O–H groups in total. The molecule has 0 fully saturated rings. The first-order chi connectivity index (χ1) is 6.61. The minimum atomic E-state index is -0.123. The highest BCUT2D eigenvalue weighted by molar-refractivity contribution is 7.15. The molecule has 1 aromatic heterocycles. The third kappa shape index (κ3) is 5.83. The average molecular weight is 236 g/mol. The lowest BCUT2D eigenvalue weighted by atomic mass is 10.5. The van der Waals surface area contributed by atoms with E-state index in [1.807, 2.05) is 5.38 Å². The summed E-state index contributed by atoms with van der Waals surface area (Å²) in [5.41, 5.74) is 5.99. The van der Waals surface area contributed by atoms with Crippen LogP contribution >= 0.6 is 22.9 Å². The number of ether oxygens (including phenoxy) is 1. The zero-order valence-corrected chi connectivity index (χ0v) is 9.82. The highest BCUT2D eigenvalue weighted by atomic mass is 35.5. The van der Waals surface area contributed by atoms with Crippen molar-refractivity contribution in [1.29, 1.82) is 0 Å². The third-order valence-corrected chi connectivity index (χ3v) is 2.44. The number of hydrogen-bond donors (Lipinski definition) is 1. The summed E-state index contributed by atoms with van der Waals surface area (Å²) in [5.74, 6) is -0.123. The zero-order chi connectivity index (χ0) is 11.0. The predicted molar refractivity (Wildman–Crippen MR) is 60.7 cm³/mol. The van der Waals surface area contributed by atoms with Crippen molar-refractivity contribution in [1.82, 2.24) is 0 Å². The average Bonchev–Trinajstić information content (AvgIpc) is 2.52. The second kappa shape index (κ2) is 7.64. The van der Waals surface area contributed by atoms with E-state index in [1.165, 1.54) is 11.3 Å². The van der Waals surface area contributed by atoms with E-state index < -0.39 is 0 Å². The largest absolute Gasteiger partial charge is 0.466 e. The van der Waals surface area contributed by atoms with Crippen LogP contribution in [0.3, 0.4) is 0 Å². The maximum absolute atomic E-state index is 10.2. The minimum Gasteiger partial charge on any atom is -0.466 e. The van der Waals surface area contributed by atoms with E-state index in [1.54, 1.807) is 19.9 Å². The third-order valence-electron chi connectivity index (χ3n) is 1.24. The monoisotopic (exact) mass is 235 g/mol. The van der Waals surface area contributed by atoms with Gasteiger partial charge in [-0.2, -0.15) is 0 Å². The van der Waals surface area contributed by atoms with Gasteiger partial charge in [0.2, 0.25) is 0 Å². The number of carbonyl (C=O) groups excluding carboxylic acids is 1. The Morgan fingerprint density at radius 2 is 2.29 bits per heavy atom. The molecule has 3 nitrogen and oxygen atoms in total. The molecular formula is C9H14ClNO2S. The molecule has 0 amide bonds. The Morgan fingerprint density at radius 1 is 1.64 bits per heavy atom. The summed E-state index contributed by atoms with van der Waals surface area (Å²) in [6.45, 7) is 4.07. The quantitative estimate of drug-likeness (QED) is 0.802. The first-order valence-corrected chi connectivity index (χ1v) is 5.51. The molecule has 0 spiro atoms. The maximum Gasteiger partial charge on any atom is 0.305 e. The molecule has 1 aromatic rings. The van der Waals surface area contributed by atoms with E-state index in [-0.39, 0.29) is 5.97 Å². The Kier molecular flexibility index (Phi) is 7.24. The number of anilines is 1. The number of hydrogen-bond acceptors (Lipinski definition) is 4. The van der Waals surface area contributed by atoms with Gasteiger partial charge in [0.15, 0.2) is 0 Å². The van der Waals surface area contributed by atoms with Crippen molar-refractivity contribution in [2.45, 2.75) is 20.3 Å². The van der Waals surface area contributed by atoms with Crippen LogP contribution in [0.15, 0.2) is 11.4 Å². The van der Waals surface area contributed by atoms with Crippen molar-refractivity contribution in [3.63, 3.8) is 0 Å². The summed E-state index contributed by atoms with van der Waals surface area (Å²) < 4.78 is 5.23. The topological polar surface area (TPSA) is 52.3 Å². The van der Waals surface area contributed by atoms with E-state index in [9.17, 15) is 4.79 Å².